The van der Waals surface area contributed by atoms with Crippen molar-refractivity contribution in [2.24, 2.45) is 0 Å². The molecular formula is C14H11N4+. The van der Waals surface area contributed by atoms with Crippen LogP contribution in [-0.4, -0.2) is 14.5 Å². The topological polar surface area (TPSA) is 47.3 Å². The highest BCUT2D eigenvalue weighted by molar-refractivity contribution is 5.63. The summed E-state index contributed by atoms with van der Waals surface area (Å²) < 4.78 is 2.02. The van der Waals surface area contributed by atoms with Crippen molar-refractivity contribution >= 4 is 11.9 Å². The second-order valence-corrected chi connectivity index (χ2v) is 4.27. The minimum Gasteiger partial charge on any atom is -0.285 e. The lowest BCUT2D eigenvalue weighted by molar-refractivity contribution is -0.495. The summed E-state index contributed by atoms with van der Waals surface area (Å²) in [6.45, 7) is 0. The lowest BCUT2D eigenvalue weighted by Crippen LogP contribution is -2.70. The van der Waals surface area contributed by atoms with Crippen LogP contribution in [0.2, 0.25) is 0 Å². The standard InChI is InChI=1S/C14H10N4/c1-2-11-6-8-16-14(11)18(9-1)12-4-3-10-5-7-15-13(10)17-12/h1-9H,(H,15,17)/p+1. The van der Waals surface area contributed by atoms with Gasteiger partial charge in [0, 0.05) is 24.0 Å². The first-order valence-corrected chi connectivity index (χ1v) is 5.87. The molecule has 2 N–H and O–H groups in total. The summed E-state index contributed by atoms with van der Waals surface area (Å²) in [4.78, 5) is 9.04. The summed E-state index contributed by atoms with van der Waals surface area (Å²) in [6.07, 6.45) is 7.90. The van der Waals surface area contributed by atoms with Crippen LogP contribution in [0.4, 0.5) is 5.82 Å². The number of rotatable bonds is 1. The van der Waals surface area contributed by atoms with Gasteiger partial charge >= 0.3 is 0 Å². The fourth-order valence-electron chi connectivity index (χ4n) is 2.28. The number of nitrogens with zero attached hydrogens (tertiary/aromatic N) is 3. The molecule has 0 saturated carbocycles. The van der Waals surface area contributed by atoms with Crippen molar-refractivity contribution in [3.63, 3.8) is 0 Å². The van der Waals surface area contributed by atoms with E-state index in [9.17, 15) is 0 Å². The molecule has 0 amide bonds. The van der Waals surface area contributed by atoms with Crippen LogP contribution < -0.4 is 5.32 Å². The van der Waals surface area contributed by atoms with Crippen molar-refractivity contribution < 1.29 is 5.32 Å². The lowest BCUT2D eigenvalue weighted by atomic mass is 10.2. The van der Waals surface area contributed by atoms with Crippen molar-refractivity contribution in [1.29, 1.82) is 0 Å². The van der Waals surface area contributed by atoms with Gasteiger partial charge in [-0.1, -0.05) is 0 Å². The van der Waals surface area contributed by atoms with Crippen molar-refractivity contribution in [2.75, 3.05) is 0 Å². The molecule has 18 heavy (non-hydrogen) atoms. The normalized spacial score (nSPS) is 13.1. The van der Waals surface area contributed by atoms with Crippen molar-refractivity contribution in [3.8, 4) is 17.2 Å². The van der Waals surface area contributed by atoms with Crippen LogP contribution in [0.1, 0.15) is 5.56 Å². The molecule has 3 aliphatic rings. The van der Waals surface area contributed by atoms with Crippen LogP contribution in [0, 0.1) is 0 Å². The molecule has 0 aromatic carbocycles. The third kappa shape index (κ3) is 1.30. The molecule has 0 aliphatic carbocycles. The van der Waals surface area contributed by atoms with E-state index in [1.807, 2.05) is 46.7 Å². The predicted octanol–water partition coefficient (Wildman–Crippen LogP) is 1.55. The Bertz CT molecular complexity index is 726. The maximum Gasteiger partial charge on any atom is 0.238 e. The molecule has 0 spiro atoms. The second-order valence-electron chi connectivity index (χ2n) is 4.27. The zero-order chi connectivity index (χ0) is 11.9. The van der Waals surface area contributed by atoms with Gasteiger partial charge in [0.2, 0.25) is 5.82 Å². The summed E-state index contributed by atoms with van der Waals surface area (Å²) in [5.74, 6) is 2.86. The van der Waals surface area contributed by atoms with Gasteiger partial charge in [0.15, 0.2) is 0 Å². The number of hydrogen-bond donors (Lipinski definition) is 1. The Morgan fingerprint density at radius 3 is 3.11 bits per heavy atom. The molecule has 4 rings (SSSR count). The highest BCUT2D eigenvalue weighted by Crippen LogP contribution is 2.23. The molecule has 4 heteroatoms. The average molecular weight is 235 g/mol. The monoisotopic (exact) mass is 235 g/mol. The van der Waals surface area contributed by atoms with Crippen LogP contribution in [0.15, 0.2) is 48.9 Å². The van der Waals surface area contributed by atoms with Gasteiger partial charge in [0.25, 0.3) is 0 Å². The number of quaternary nitrogens is 1. The minimum absolute atomic E-state index is 0.901. The van der Waals surface area contributed by atoms with Gasteiger partial charge in [-0.2, -0.15) is 4.98 Å². The van der Waals surface area contributed by atoms with E-state index in [2.05, 4.69) is 28.2 Å². The van der Waals surface area contributed by atoms with Crippen LogP contribution in [0.25, 0.3) is 23.3 Å². The van der Waals surface area contributed by atoms with E-state index >= 15 is 0 Å². The SMILES string of the molecule is C1=Cc2ccc(-n3cccc4ccnc3-4)nc2[NH2+]1. The van der Waals surface area contributed by atoms with Crippen molar-refractivity contribution in [1.82, 2.24) is 14.5 Å². The van der Waals surface area contributed by atoms with Gasteiger partial charge in [-0.05, 0) is 30.3 Å². The smallest absolute Gasteiger partial charge is 0.238 e. The number of pyridine rings is 2. The average Bonchev–Trinajstić information content (AvgIpc) is 3.05. The van der Waals surface area contributed by atoms with Gasteiger partial charge in [-0.15, -0.1) is 0 Å². The molecule has 0 radical (unpaired) electrons. The quantitative estimate of drug-likeness (QED) is 0.695. The van der Waals surface area contributed by atoms with E-state index in [1.54, 1.807) is 0 Å². The van der Waals surface area contributed by atoms with Crippen LogP contribution in [-0.2, 0) is 0 Å². The Morgan fingerprint density at radius 1 is 1.11 bits per heavy atom. The van der Waals surface area contributed by atoms with Gasteiger partial charge < -0.3 is 0 Å². The molecule has 86 valence electrons. The van der Waals surface area contributed by atoms with Gasteiger partial charge in [0.05, 0.1) is 11.8 Å². The van der Waals surface area contributed by atoms with E-state index in [-0.39, 0.29) is 0 Å². The Kier molecular flexibility index (Phi) is 1.87. The summed E-state index contributed by atoms with van der Waals surface area (Å²) in [7, 11) is 0. The van der Waals surface area contributed by atoms with Crippen molar-refractivity contribution in [3.05, 3.63) is 54.5 Å². The van der Waals surface area contributed by atoms with Gasteiger partial charge in [-0.25, -0.2) is 4.98 Å². The molecule has 1 aromatic heterocycles. The molecule has 4 nitrogen and oxygen atoms in total. The molecular weight excluding hydrogens is 224 g/mol. The number of nitrogens with two attached hydrogens (primary N) is 1. The molecule has 3 aliphatic heterocycles. The maximum atomic E-state index is 4.66. The Balaban J connectivity index is 1.91. The summed E-state index contributed by atoms with van der Waals surface area (Å²) in [6, 6.07) is 10.2. The predicted molar refractivity (Wildman–Crippen MR) is 68.6 cm³/mol. The molecule has 0 atom stereocenters. The number of aromatic nitrogens is 3. The summed E-state index contributed by atoms with van der Waals surface area (Å²) in [5.41, 5.74) is 2.30. The summed E-state index contributed by atoms with van der Waals surface area (Å²) in [5, 5.41) is 2.03. The maximum absolute atomic E-state index is 4.66. The van der Waals surface area contributed by atoms with E-state index in [4.69, 9.17) is 0 Å². The van der Waals surface area contributed by atoms with Crippen LogP contribution in [0.5, 0.6) is 0 Å². The van der Waals surface area contributed by atoms with E-state index in [0.717, 1.165) is 23.0 Å². The molecule has 0 unspecified atom stereocenters. The zero-order valence-corrected chi connectivity index (χ0v) is 9.62. The Hall–Kier alpha value is -2.46. The second kappa shape index (κ2) is 3.51. The molecule has 4 heterocycles. The number of hydrogen-bond acceptors (Lipinski definition) is 2. The van der Waals surface area contributed by atoms with E-state index in [1.165, 1.54) is 5.56 Å². The van der Waals surface area contributed by atoms with Crippen LogP contribution in [0.3, 0.4) is 0 Å². The van der Waals surface area contributed by atoms with Crippen LogP contribution >= 0.6 is 0 Å². The van der Waals surface area contributed by atoms with Gasteiger partial charge in [-0.3, -0.25) is 9.88 Å². The first kappa shape index (κ1) is 9.56. The fraction of sp³-hybridized carbons (Fsp3) is 0. The molecule has 0 bridgehead atoms. The highest BCUT2D eigenvalue weighted by atomic mass is 15.1. The zero-order valence-electron chi connectivity index (χ0n) is 9.62. The molecule has 0 saturated heterocycles. The number of fused-ring (bicyclic) bond motifs is 2. The first-order valence-electron chi connectivity index (χ1n) is 5.87. The van der Waals surface area contributed by atoms with Crippen molar-refractivity contribution in [2.45, 2.75) is 0 Å². The largest absolute Gasteiger partial charge is 0.285 e. The molecule has 0 fully saturated rings. The Morgan fingerprint density at radius 2 is 2.11 bits per heavy atom. The van der Waals surface area contributed by atoms with Gasteiger partial charge in [0.1, 0.15) is 11.6 Å². The first-order chi connectivity index (χ1) is 8.92. The summed E-state index contributed by atoms with van der Waals surface area (Å²) >= 11 is 0. The third-order valence-electron chi connectivity index (χ3n) is 3.17. The third-order valence-corrected chi connectivity index (χ3v) is 3.17. The highest BCUT2D eigenvalue weighted by Gasteiger charge is 2.15. The molecule has 1 aromatic rings. The van der Waals surface area contributed by atoms with E-state index in [0.29, 0.717) is 0 Å². The Labute approximate surface area is 104 Å². The lowest BCUT2D eigenvalue weighted by Gasteiger charge is -2.10. The fourth-order valence-corrected chi connectivity index (χ4v) is 2.28. The van der Waals surface area contributed by atoms with E-state index < -0.39 is 0 Å². The minimum atomic E-state index is 0.901.